The van der Waals surface area contributed by atoms with Gasteiger partial charge in [0.15, 0.2) is 0 Å². The maximum Gasteiger partial charge on any atom is 0.146 e. The minimum absolute atomic E-state index is 0.168. The van der Waals surface area contributed by atoms with Gasteiger partial charge in [0.25, 0.3) is 0 Å². The molecule has 0 aromatic heterocycles. The third kappa shape index (κ3) is 19.0. The lowest BCUT2D eigenvalue weighted by molar-refractivity contribution is -0.0561. The van der Waals surface area contributed by atoms with Crippen LogP contribution in [0.3, 0.4) is 0 Å². The molecule has 0 fully saturated rings. The lowest BCUT2D eigenvalue weighted by Gasteiger charge is -2.23. The molecule has 0 heterocycles. The molecule has 0 saturated carbocycles. The minimum atomic E-state index is -0.168. The third-order valence-corrected chi connectivity index (χ3v) is 5.45. The Morgan fingerprint density at radius 3 is 1.70 bits per heavy atom. The van der Waals surface area contributed by atoms with Crippen LogP contribution in [0.2, 0.25) is 0 Å². The Bertz CT molecular complexity index is 306. The molecule has 0 bridgehead atoms. The molecule has 0 spiro atoms. The van der Waals surface area contributed by atoms with Crippen LogP contribution >= 0.6 is 0 Å². The van der Waals surface area contributed by atoms with Crippen LogP contribution in [0.15, 0.2) is 0 Å². The van der Waals surface area contributed by atoms with Crippen LogP contribution in [0.4, 0.5) is 0 Å². The van der Waals surface area contributed by atoms with Crippen LogP contribution in [-0.4, -0.2) is 31.2 Å². The average molecular weight is 387 g/mol. The maximum atomic E-state index is 9.51. The van der Waals surface area contributed by atoms with E-state index in [0.717, 1.165) is 50.2 Å². The van der Waals surface area contributed by atoms with Crippen molar-refractivity contribution in [2.24, 2.45) is 23.7 Å². The first kappa shape index (κ1) is 26.9. The lowest BCUT2D eigenvalue weighted by atomic mass is 9.83. The molecule has 0 radical (unpaired) electrons. The molecule has 1 N–H and O–H groups in total. The van der Waals surface area contributed by atoms with Crippen LogP contribution in [-0.2, 0) is 9.47 Å². The fraction of sp³-hybridized carbons (Fsp3) is 1.00. The second kappa shape index (κ2) is 17.9. The number of hydrogen-bond donors (Lipinski definition) is 1. The highest BCUT2D eigenvalue weighted by atomic mass is 16.7. The first-order valence-electron chi connectivity index (χ1n) is 11.7. The van der Waals surface area contributed by atoms with Crippen LogP contribution < -0.4 is 0 Å². The van der Waals surface area contributed by atoms with Gasteiger partial charge in [0.1, 0.15) is 6.79 Å². The summed E-state index contributed by atoms with van der Waals surface area (Å²) in [4.78, 5) is 0. The van der Waals surface area contributed by atoms with Crippen LogP contribution in [0.1, 0.15) is 106 Å². The zero-order chi connectivity index (χ0) is 20.5. The molecule has 27 heavy (non-hydrogen) atoms. The Hall–Kier alpha value is -0.120. The topological polar surface area (TPSA) is 38.7 Å². The Labute approximate surface area is 170 Å². The van der Waals surface area contributed by atoms with Crippen LogP contribution in [0.25, 0.3) is 0 Å². The molecule has 0 aliphatic carbocycles. The Kier molecular flexibility index (Phi) is 17.9. The van der Waals surface area contributed by atoms with E-state index in [1.54, 1.807) is 0 Å². The molecular formula is C24H50O3. The molecule has 5 atom stereocenters. The van der Waals surface area contributed by atoms with E-state index in [9.17, 15) is 5.11 Å². The summed E-state index contributed by atoms with van der Waals surface area (Å²) in [6.07, 6.45) is 12.0. The van der Waals surface area contributed by atoms with Crippen molar-refractivity contribution in [3.8, 4) is 0 Å². The van der Waals surface area contributed by atoms with Crippen LogP contribution in [0.5, 0.6) is 0 Å². The second-order valence-electron chi connectivity index (χ2n) is 9.35. The molecule has 0 amide bonds. The van der Waals surface area contributed by atoms with Crippen molar-refractivity contribution in [2.45, 2.75) is 112 Å². The number of ether oxygens (including phenoxy) is 2. The van der Waals surface area contributed by atoms with E-state index in [1.165, 1.54) is 44.9 Å². The molecule has 0 aliphatic rings. The summed E-state index contributed by atoms with van der Waals surface area (Å²) in [6, 6.07) is 0. The van der Waals surface area contributed by atoms with E-state index in [-0.39, 0.29) is 6.10 Å². The Balaban J connectivity index is 3.58. The van der Waals surface area contributed by atoms with Crippen molar-refractivity contribution in [3.05, 3.63) is 0 Å². The van der Waals surface area contributed by atoms with Gasteiger partial charge in [-0.3, -0.25) is 0 Å². The summed E-state index contributed by atoms with van der Waals surface area (Å²) in [5, 5.41) is 9.51. The van der Waals surface area contributed by atoms with Crippen molar-refractivity contribution < 1.29 is 14.6 Å². The third-order valence-electron chi connectivity index (χ3n) is 5.45. The normalized spacial score (nSPS) is 17.4. The summed E-state index contributed by atoms with van der Waals surface area (Å²) in [5.41, 5.74) is 0. The second-order valence-corrected chi connectivity index (χ2v) is 9.35. The standard InChI is InChI=1S/C24H50O3/c1-7-8-9-10-13-26-19-27-14-11-12-20(2)15-21(3)16-22(4)17-23(5)18-24(6)25/h20-25H,7-19H2,1-6H3. The van der Waals surface area contributed by atoms with Gasteiger partial charge >= 0.3 is 0 Å². The summed E-state index contributed by atoms with van der Waals surface area (Å²) in [5.74, 6) is 2.91. The van der Waals surface area contributed by atoms with Gasteiger partial charge in [-0.05, 0) is 75.5 Å². The Morgan fingerprint density at radius 1 is 0.630 bits per heavy atom. The molecule has 0 aromatic rings. The van der Waals surface area contributed by atoms with E-state index in [0.29, 0.717) is 12.7 Å². The monoisotopic (exact) mass is 386 g/mol. The van der Waals surface area contributed by atoms with Crippen molar-refractivity contribution in [1.82, 2.24) is 0 Å². The summed E-state index contributed by atoms with van der Waals surface area (Å²) < 4.78 is 11.1. The smallest absolute Gasteiger partial charge is 0.146 e. The quantitative estimate of drug-likeness (QED) is 0.195. The zero-order valence-electron chi connectivity index (χ0n) is 19.3. The van der Waals surface area contributed by atoms with Gasteiger partial charge in [0.2, 0.25) is 0 Å². The van der Waals surface area contributed by atoms with Gasteiger partial charge in [0.05, 0.1) is 6.10 Å². The van der Waals surface area contributed by atoms with Crippen molar-refractivity contribution in [1.29, 1.82) is 0 Å². The fourth-order valence-electron chi connectivity index (χ4n) is 4.39. The minimum Gasteiger partial charge on any atom is -0.393 e. The van der Waals surface area contributed by atoms with Crippen LogP contribution in [0, 0.1) is 23.7 Å². The van der Waals surface area contributed by atoms with E-state index in [1.807, 2.05) is 6.92 Å². The summed E-state index contributed by atoms with van der Waals surface area (Å²) in [6.45, 7) is 15.7. The molecule has 0 saturated heterocycles. The molecule has 164 valence electrons. The molecule has 3 nitrogen and oxygen atoms in total. The number of aliphatic hydroxyl groups excluding tert-OH is 1. The molecular weight excluding hydrogens is 336 g/mol. The number of aliphatic hydroxyl groups is 1. The van der Waals surface area contributed by atoms with Crippen molar-refractivity contribution in [3.63, 3.8) is 0 Å². The zero-order valence-corrected chi connectivity index (χ0v) is 19.3. The average Bonchev–Trinajstić information content (AvgIpc) is 2.55. The summed E-state index contributed by atoms with van der Waals surface area (Å²) >= 11 is 0. The van der Waals surface area contributed by atoms with Crippen molar-refractivity contribution in [2.75, 3.05) is 20.0 Å². The van der Waals surface area contributed by atoms with E-state index < -0.39 is 0 Å². The lowest BCUT2D eigenvalue weighted by Crippen LogP contribution is -2.13. The summed E-state index contributed by atoms with van der Waals surface area (Å²) in [7, 11) is 0. The predicted octanol–water partition coefficient (Wildman–Crippen LogP) is 6.82. The van der Waals surface area contributed by atoms with Gasteiger partial charge in [-0.15, -0.1) is 0 Å². The highest BCUT2D eigenvalue weighted by Crippen LogP contribution is 2.27. The highest BCUT2D eigenvalue weighted by molar-refractivity contribution is 4.67. The molecule has 3 heteroatoms. The number of hydrogen-bond acceptors (Lipinski definition) is 3. The SMILES string of the molecule is CCCCCCOCOCCCC(C)CC(C)CC(C)CC(C)CC(C)O. The first-order chi connectivity index (χ1) is 12.8. The largest absolute Gasteiger partial charge is 0.393 e. The highest BCUT2D eigenvalue weighted by Gasteiger charge is 2.15. The molecule has 0 aromatic carbocycles. The molecule has 0 aliphatic heterocycles. The maximum absolute atomic E-state index is 9.51. The van der Waals surface area contributed by atoms with E-state index in [2.05, 4.69) is 34.6 Å². The molecule has 0 rings (SSSR count). The van der Waals surface area contributed by atoms with Gasteiger partial charge in [-0.2, -0.15) is 0 Å². The van der Waals surface area contributed by atoms with Gasteiger partial charge in [-0.25, -0.2) is 0 Å². The van der Waals surface area contributed by atoms with Gasteiger partial charge < -0.3 is 14.6 Å². The fourth-order valence-corrected chi connectivity index (χ4v) is 4.39. The number of unbranched alkanes of at least 4 members (excludes halogenated alkanes) is 3. The Morgan fingerprint density at radius 2 is 1.15 bits per heavy atom. The number of rotatable bonds is 19. The molecule has 5 unspecified atom stereocenters. The van der Waals surface area contributed by atoms with Gasteiger partial charge in [-0.1, -0.05) is 53.9 Å². The first-order valence-corrected chi connectivity index (χ1v) is 11.7. The van der Waals surface area contributed by atoms with E-state index >= 15 is 0 Å². The predicted molar refractivity (Wildman–Crippen MR) is 117 cm³/mol. The van der Waals surface area contributed by atoms with Gasteiger partial charge in [0, 0.05) is 13.2 Å². The van der Waals surface area contributed by atoms with Crippen molar-refractivity contribution >= 4 is 0 Å². The van der Waals surface area contributed by atoms with E-state index in [4.69, 9.17) is 9.47 Å².